The van der Waals surface area contributed by atoms with Crippen molar-refractivity contribution in [1.82, 2.24) is 20.4 Å². The molecule has 1 aliphatic heterocycles. The van der Waals surface area contributed by atoms with Gasteiger partial charge in [0.1, 0.15) is 0 Å². The molecule has 2 rings (SSSR count). The molecule has 1 fully saturated rings. The Balaban J connectivity index is 1.93. The molecule has 1 saturated heterocycles. The largest absolute Gasteiger partial charge is 0.339 e. The lowest BCUT2D eigenvalue weighted by Crippen LogP contribution is -2.43. The van der Waals surface area contributed by atoms with Crippen LogP contribution in [0.2, 0.25) is 0 Å². The quantitative estimate of drug-likeness (QED) is 0.855. The van der Waals surface area contributed by atoms with Crippen LogP contribution >= 0.6 is 0 Å². The molecule has 0 saturated carbocycles. The van der Waals surface area contributed by atoms with Crippen molar-refractivity contribution in [2.24, 2.45) is 5.92 Å². The lowest BCUT2D eigenvalue weighted by molar-refractivity contribution is 0.224. The van der Waals surface area contributed by atoms with Crippen LogP contribution in [-0.4, -0.2) is 41.2 Å². The molecule has 17 heavy (non-hydrogen) atoms. The molecular weight excluding hydrogens is 216 g/mol. The highest BCUT2D eigenvalue weighted by Gasteiger charge is 2.19. The summed E-state index contributed by atoms with van der Waals surface area (Å²) in [5, 5.41) is 7.40. The van der Waals surface area contributed by atoms with E-state index in [-0.39, 0.29) is 0 Å². The van der Waals surface area contributed by atoms with Crippen LogP contribution in [0.5, 0.6) is 0 Å². The van der Waals surface area contributed by atoms with Gasteiger partial charge in [-0.3, -0.25) is 4.90 Å². The van der Waals surface area contributed by atoms with Crippen molar-refractivity contribution in [1.29, 1.82) is 0 Å². The summed E-state index contributed by atoms with van der Waals surface area (Å²) in [7, 11) is 0. The van der Waals surface area contributed by atoms with E-state index < -0.39 is 0 Å². The standard InChI is InChI=1S/C12H22N4O/c1-9(2)10(3)12-14-11(15-17-12)8-16-6-4-13-5-7-16/h9-10,13H,4-8H2,1-3H3. The van der Waals surface area contributed by atoms with Gasteiger partial charge in [0.25, 0.3) is 0 Å². The number of nitrogens with one attached hydrogen (secondary N) is 1. The third kappa shape index (κ3) is 3.26. The molecule has 5 heteroatoms. The predicted octanol–water partition coefficient (Wildman–Crippen LogP) is 1.23. The molecule has 1 N–H and O–H groups in total. The van der Waals surface area contributed by atoms with Gasteiger partial charge in [-0.05, 0) is 5.92 Å². The Kier molecular flexibility index (Phi) is 4.12. The second-order valence-electron chi connectivity index (χ2n) is 5.11. The number of nitrogens with zero attached hydrogens (tertiary/aromatic N) is 3. The molecule has 96 valence electrons. The van der Waals surface area contributed by atoms with Crippen molar-refractivity contribution in [2.75, 3.05) is 26.2 Å². The van der Waals surface area contributed by atoms with Crippen molar-refractivity contribution in [3.63, 3.8) is 0 Å². The van der Waals surface area contributed by atoms with E-state index in [0.29, 0.717) is 11.8 Å². The highest BCUT2D eigenvalue weighted by Crippen LogP contribution is 2.21. The highest BCUT2D eigenvalue weighted by atomic mass is 16.5. The second-order valence-corrected chi connectivity index (χ2v) is 5.11. The first-order chi connectivity index (χ1) is 8.16. The Hall–Kier alpha value is -0.940. The van der Waals surface area contributed by atoms with E-state index in [4.69, 9.17) is 4.52 Å². The first-order valence-corrected chi connectivity index (χ1v) is 6.42. The summed E-state index contributed by atoms with van der Waals surface area (Å²) < 4.78 is 5.33. The number of hydrogen-bond donors (Lipinski definition) is 1. The summed E-state index contributed by atoms with van der Waals surface area (Å²) in [6.45, 7) is 11.5. The van der Waals surface area contributed by atoms with Crippen molar-refractivity contribution in [3.05, 3.63) is 11.7 Å². The summed E-state index contributed by atoms with van der Waals surface area (Å²) in [6, 6.07) is 0. The summed E-state index contributed by atoms with van der Waals surface area (Å²) in [5.41, 5.74) is 0. The maximum Gasteiger partial charge on any atom is 0.229 e. The van der Waals surface area contributed by atoms with E-state index in [1.165, 1.54) is 0 Å². The lowest BCUT2D eigenvalue weighted by atomic mass is 9.98. The molecule has 0 amide bonds. The Morgan fingerprint density at radius 1 is 1.29 bits per heavy atom. The average Bonchev–Trinajstić information content (AvgIpc) is 2.77. The Morgan fingerprint density at radius 3 is 2.65 bits per heavy atom. The number of piperazine rings is 1. The van der Waals surface area contributed by atoms with Crippen molar-refractivity contribution < 1.29 is 4.52 Å². The van der Waals surface area contributed by atoms with Gasteiger partial charge in [-0.25, -0.2) is 0 Å². The van der Waals surface area contributed by atoms with Gasteiger partial charge in [-0.15, -0.1) is 0 Å². The lowest BCUT2D eigenvalue weighted by Gasteiger charge is -2.25. The molecule has 5 nitrogen and oxygen atoms in total. The Morgan fingerprint density at radius 2 is 2.00 bits per heavy atom. The van der Waals surface area contributed by atoms with Gasteiger partial charge in [0.2, 0.25) is 5.89 Å². The summed E-state index contributed by atoms with van der Waals surface area (Å²) in [4.78, 5) is 6.84. The zero-order chi connectivity index (χ0) is 12.3. The summed E-state index contributed by atoms with van der Waals surface area (Å²) in [6.07, 6.45) is 0. The van der Waals surface area contributed by atoms with Gasteiger partial charge in [0.15, 0.2) is 5.82 Å². The molecule has 1 aromatic rings. The molecule has 0 radical (unpaired) electrons. The van der Waals surface area contributed by atoms with Crippen LogP contribution in [0.4, 0.5) is 0 Å². The smallest absolute Gasteiger partial charge is 0.229 e. The zero-order valence-corrected chi connectivity index (χ0v) is 10.9. The van der Waals surface area contributed by atoms with Crippen LogP contribution in [0.1, 0.15) is 38.4 Å². The number of aromatic nitrogens is 2. The van der Waals surface area contributed by atoms with Gasteiger partial charge < -0.3 is 9.84 Å². The van der Waals surface area contributed by atoms with E-state index in [2.05, 4.69) is 41.1 Å². The minimum Gasteiger partial charge on any atom is -0.339 e. The molecule has 0 aromatic carbocycles. The maximum absolute atomic E-state index is 5.33. The Bertz CT molecular complexity index is 344. The molecule has 1 aromatic heterocycles. The Labute approximate surface area is 103 Å². The van der Waals surface area contributed by atoms with Crippen LogP contribution in [0.3, 0.4) is 0 Å². The zero-order valence-electron chi connectivity index (χ0n) is 10.9. The van der Waals surface area contributed by atoms with E-state index in [1.54, 1.807) is 0 Å². The van der Waals surface area contributed by atoms with Crippen LogP contribution in [0, 0.1) is 5.92 Å². The topological polar surface area (TPSA) is 54.2 Å². The second kappa shape index (κ2) is 5.60. The fraction of sp³-hybridized carbons (Fsp3) is 0.833. The molecule has 1 unspecified atom stereocenters. The fourth-order valence-electron chi connectivity index (χ4n) is 1.87. The molecule has 0 bridgehead atoms. The third-order valence-electron chi connectivity index (χ3n) is 3.45. The minimum atomic E-state index is 0.333. The summed E-state index contributed by atoms with van der Waals surface area (Å²) >= 11 is 0. The van der Waals surface area contributed by atoms with E-state index in [0.717, 1.165) is 44.4 Å². The van der Waals surface area contributed by atoms with Crippen molar-refractivity contribution in [2.45, 2.75) is 33.2 Å². The number of rotatable bonds is 4. The normalized spacial score (nSPS) is 19.8. The van der Waals surface area contributed by atoms with Crippen molar-refractivity contribution in [3.8, 4) is 0 Å². The van der Waals surface area contributed by atoms with Gasteiger partial charge in [-0.2, -0.15) is 4.98 Å². The van der Waals surface area contributed by atoms with Crippen LogP contribution in [-0.2, 0) is 6.54 Å². The van der Waals surface area contributed by atoms with Crippen LogP contribution < -0.4 is 5.32 Å². The highest BCUT2D eigenvalue weighted by molar-refractivity contribution is 4.94. The number of hydrogen-bond acceptors (Lipinski definition) is 5. The predicted molar refractivity (Wildman–Crippen MR) is 65.7 cm³/mol. The average molecular weight is 238 g/mol. The van der Waals surface area contributed by atoms with E-state index in [1.807, 2.05) is 0 Å². The monoisotopic (exact) mass is 238 g/mol. The molecular formula is C12H22N4O. The molecule has 0 spiro atoms. The van der Waals surface area contributed by atoms with Gasteiger partial charge >= 0.3 is 0 Å². The summed E-state index contributed by atoms with van der Waals surface area (Å²) in [5.74, 6) is 2.45. The van der Waals surface area contributed by atoms with E-state index in [9.17, 15) is 0 Å². The molecule has 0 aliphatic carbocycles. The first kappa shape index (κ1) is 12.5. The van der Waals surface area contributed by atoms with E-state index >= 15 is 0 Å². The third-order valence-corrected chi connectivity index (χ3v) is 3.45. The van der Waals surface area contributed by atoms with Gasteiger partial charge in [-0.1, -0.05) is 25.9 Å². The first-order valence-electron chi connectivity index (χ1n) is 6.42. The molecule has 1 atom stereocenters. The van der Waals surface area contributed by atoms with Gasteiger partial charge in [0.05, 0.1) is 6.54 Å². The molecule has 2 heterocycles. The SMILES string of the molecule is CC(C)C(C)c1nc(CN2CCNCC2)no1. The minimum absolute atomic E-state index is 0.333. The van der Waals surface area contributed by atoms with Crippen molar-refractivity contribution >= 4 is 0 Å². The maximum atomic E-state index is 5.33. The molecule has 1 aliphatic rings. The van der Waals surface area contributed by atoms with Gasteiger partial charge in [0, 0.05) is 32.1 Å². The fourth-order valence-corrected chi connectivity index (χ4v) is 1.87. The van der Waals surface area contributed by atoms with Crippen LogP contribution in [0.15, 0.2) is 4.52 Å². The van der Waals surface area contributed by atoms with Crippen LogP contribution in [0.25, 0.3) is 0 Å².